The Morgan fingerprint density at radius 3 is 2.29 bits per heavy atom. The minimum Gasteiger partial charge on any atom is -0.301 e. The van der Waals surface area contributed by atoms with E-state index < -0.39 is 0 Å². The highest BCUT2D eigenvalue weighted by atomic mass is 79.9. The third-order valence-corrected chi connectivity index (χ3v) is 4.63. The normalized spacial score (nSPS) is 14.0. The van der Waals surface area contributed by atoms with E-state index in [1.807, 2.05) is 0 Å². The van der Waals surface area contributed by atoms with Gasteiger partial charge in [0.15, 0.2) is 0 Å². The molecule has 2 heteroatoms. The van der Waals surface area contributed by atoms with Gasteiger partial charge in [0.25, 0.3) is 0 Å². The molecule has 0 aliphatic rings. The minimum atomic E-state index is 0.273. The van der Waals surface area contributed by atoms with E-state index in [4.69, 9.17) is 0 Å². The average Bonchev–Trinajstić information content (AvgIpc) is 2.36. The summed E-state index contributed by atoms with van der Waals surface area (Å²) >= 11 is 3.64. The van der Waals surface area contributed by atoms with Crippen LogP contribution in [0.1, 0.15) is 38.7 Å². The highest BCUT2D eigenvalue weighted by Gasteiger charge is 2.23. The summed E-state index contributed by atoms with van der Waals surface area (Å²) in [5.41, 5.74) is 1.69. The maximum Gasteiger partial charge on any atom is 0.0147 e. The van der Waals surface area contributed by atoms with E-state index in [0.29, 0.717) is 5.92 Å². The zero-order valence-corrected chi connectivity index (χ0v) is 13.0. The van der Waals surface area contributed by atoms with Crippen LogP contribution in [0, 0.1) is 0 Å². The van der Waals surface area contributed by atoms with Gasteiger partial charge in [0.1, 0.15) is 0 Å². The van der Waals surface area contributed by atoms with Gasteiger partial charge in [-0.25, -0.2) is 0 Å². The van der Waals surface area contributed by atoms with E-state index in [9.17, 15) is 0 Å². The summed E-state index contributed by atoms with van der Waals surface area (Å²) in [5, 5.41) is 1.02. The smallest absolute Gasteiger partial charge is 0.0147 e. The SMILES string of the molecule is CCC(C)(C)N(C)CC(CBr)c1ccccc1. The molecule has 0 radical (unpaired) electrons. The summed E-state index contributed by atoms with van der Waals surface area (Å²) in [6, 6.07) is 10.8. The molecular weight excluding hydrogens is 274 g/mol. The second kappa shape index (κ2) is 6.55. The van der Waals surface area contributed by atoms with Crippen LogP contribution in [0.2, 0.25) is 0 Å². The first kappa shape index (κ1) is 14.7. The van der Waals surface area contributed by atoms with Crippen molar-refractivity contribution in [3.63, 3.8) is 0 Å². The van der Waals surface area contributed by atoms with Crippen LogP contribution in [0.15, 0.2) is 30.3 Å². The van der Waals surface area contributed by atoms with Crippen LogP contribution >= 0.6 is 15.9 Å². The predicted octanol–water partition coefficient (Wildman–Crippen LogP) is 4.29. The van der Waals surface area contributed by atoms with Gasteiger partial charge in [-0.1, -0.05) is 53.2 Å². The first-order valence-electron chi connectivity index (χ1n) is 6.33. The van der Waals surface area contributed by atoms with Crippen molar-refractivity contribution in [2.24, 2.45) is 0 Å². The van der Waals surface area contributed by atoms with Crippen molar-refractivity contribution >= 4 is 15.9 Å². The molecule has 1 nitrogen and oxygen atoms in total. The quantitative estimate of drug-likeness (QED) is 0.708. The Bertz CT molecular complexity index is 321. The van der Waals surface area contributed by atoms with Gasteiger partial charge in [0, 0.05) is 23.3 Å². The van der Waals surface area contributed by atoms with E-state index in [0.717, 1.165) is 11.9 Å². The van der Waals surface area contributed by atoms with Crippen molar-refractivity contribution < 1.29 is 0 Å². The molecule has 0 amide bonds. The molecular formula is C15H24BrN. The molecule has 0 spiro atoms. The lowest BCUT2D eigenvalue weighted by atomic mass is 9.95. The summed E-state index contributed by atoms with van der Waals surface area (Å²) in [6.45, 7) is 7.96. The van der Waals surface area contributed by atoms with Crippen LogP contribution in [0.3, 0.4) is 0 Å². The first-order chi connectivity index (χ1) is 8.01. The largest absolute Gasteiger partial charge is 0.301 e. The number of rotatable bonds is 6. The van der Waals surface area contributed by atoms with Gasteiger partial charge in [-0.05, 0) is 32.9 Å². The third-order valence-electron chi connectivity index (χ3n) is 3.85. The predicted molar refractivity (Wildman–Crippen MR) is 80.0 cm³/mol. The molecule has 0 saturated carbocycles. The molecule has 1 atom stereocenters. The summed E-state index contributed by atoms with van der Waals surface area (Å²) in [5.74, 6) is 0.562. The summed E-state index contributed by atoms with van der Waals surface area (Å²) in [7, 11) is 2.22. The molecule has 0 aromatic heterocycles. The molecule has 1 aromatic carbocycles. The van der Waals surface area contributed by atoms with Gasteiger partial charge in [-0.3, -0.25) is 0 Å². The van der Waals surface area contributed by atoms with Crippen molar-refractivity contribution in [1.29, 1.82) is 0 Å². The molecule has 1 aromatic rings. The van der Waals surface area contributed by atoms with Crippen molar-refractivity contribution in [1.82, 2.24) is 4.90 Å². The monoisotopic (exact) mass is 297 g/mol. The Labute approximate surface area is 114 Å². The number of likely N-dealkylation sites (N-methyl/N-ethyl adjacent to an activating group) is 1. The van der Waals surface area contributed by atoms with E-state index in [2.05, 4.69) is 79.0 Å². The number of halogens is 1. The maximum atomic E-state index is 3.64. The van der Waals surface area contributed by atoms with Gasteiger partial charge in [0.2, 0.25) is 0 Å². The summed E-state index contributed by atoms with van der Waals surface area (Å²) < 4.78 is 0. The highest BCUT2D eigenvalue weighted by Crippen LogP contribution is 2.24. The number of benzene rings is 1. The average molecular weight is 298 g/mol. The van der Waals surface area contributed by atoms with Crippen molar-refractivity contribution in [3.8, 4) is 0 Å². The molecule has 0 bridgehead atoms. The minimum absolute atomic E-state index is 0.273. The number of alkyl halides is 1. The Kier molecular flexibility index (Phi) is 5.68. The zero-order chi connectivity index (χ0) is 12.9. The molecule has 1 unspecified atom stereocenters. The van der Waals surface area contributed by atoms with Crippen molar-refractivity contribution in [2.45, 2.75) is 38.6 Å². The second-order valence-corrected chi connectivity index (χ2v) is 5.96. The Morgan fingerprint density at radius 2 is 1.82 bits per heavy atom. The number of hydrogen-bond donors (Lipinski definition) is 0. The summed E-state index contributed by atoms with van der Waals surface area (Å²) in [6.07, 6.45) is 1.17. The zero-order valence-electron chi connectivity index (χ0n) is 11.4. The Hall–Kier alpha value is -0.340. The van der Waals surface area contributed by atoms with Crippen LogP contribution in [0.25, 0.3) is 0 Å². The van der Waals surface area contributed by atoms with Gasteiger partial charge >= 0.3 is 0 Å². The fraction of sp³-hybridized carbons (Fsp3) is 0.600. The fourth-order valence-electron chi connectivity index (χ4n) is 1.82. The molecule has 0 saturated heterocycles. The fourth-order valence-corrected chi connectivity index (χ4v) is 2.39. The standard InChI is InChI=1S/C15H24BrN/c1-5-15(2,3)17(4)12-14(11-16)13-9-7-6-8-10-13/h6-10,14H,5,11-12H2,1-4H3. The molecule has 17 heavy (non-hydrogen) atoms. The van der Waals surface area contributed by atoms with Crippen molar-refractivity contribution in [2.75, 3.05) is 18.9 Å². The first-order valence-corrected chi connectivity index (χ1v) is 7.45. The van der Waals surface area contributed by atoms with Gasteiger partial charge in [0.05, 0.1) is 0 Å². The molecule has 96 valence electrons. The van der Waals surface area contributed by atoms with Gasteiger partial charge < -0.3 is 4.90 Å². The van der Waals surface area contributed by atoms with Crippen LogP contribution in [0.4, 0.5) is 0 Å². The van der Waals surface area contributed by atoms with Crippen LogP contribution < -0.4 is 0 Å². The molecule has 0 fully saturated rings. The number of nitrogens with zero attached hydrogens (tertiary/aromatic N) is 1. The van der Waals surface area contributed by atoms with Crippen LogP contribution in [-0.2, 0) is 0 Å². The lowest BCUT2D eigenvalue weighted by Gasteiger charge is -2.37. The molecule has 1 rings (SSSR count). The van der Waals surface area contributed by atoms with E-state index >= 15 is 0 Å². The van der Waals surface area contributed by atoms with Crippen LogP contribution in [-0.4, -0.2) is 29.4 Å². The van der Waals surface area contributed by atoms with Crippen molar-refractivity contribution in [3.05, 3.63) is 35.9 Å². The lowest BCUT2D eigenvalue weighted by Crippen LogP contribution is -2.42. The molecule has 0 aliphatic carbocycles. The van der Waals surface area contributed by atoms with Gasteiger partial charge in [-0.2, -0.15) is 0 Å². The molecule has 0 heterocycles. The third kappa shape index (κ3) is 4.11. The van der Waals surface area contributed by atoms with E-state index in [-0.39, 0.29) is 5.54 Å². The maximum absolute atomic E-state index is 3.64. The Morgan fingerprint density at radius 1 is 1.24 bits per heavy atom. The van der Waals surface area contributed by atoms with E-state index in [1.165, 1.54) is 12.0 Å². The molecule has 0 N–H and O–H groups in total. The highest BCUT2D eigenvalue weighted by molar-refractivity contribution is 9.09. The van der Waals surface area contributed by atoms with E-state index in [1.54, 1.807) is 0 Å². The summed E-state index contributed by atoms with van der Waals surface area (Å²) in [4.78, 5) is 2.46. The topological polar surface area (TPSA) is 3.24 Å². The van der Waals surface area contributed by atoms with Crippen LogP contribution in [0.5, 0.6) is 0 Å². The van der Waals surface area contributed by atoms with Gasteiger partial charge in [-0.15, -0.1) is 0 Å². The molecule has 0 aliphatic heterocycles. The Balaban J connectivity index is 2.71. The lowest BCUT2D eigenvalue weighted by molar-refractivity contribution is 0.145. The second-order valence-electron chi connectivity index (χ2n) is 5.31. The number of hydrogen-bond acceptors (Lipinski definition) is 1.